The number of aromatic nitrogens is 1. The van der Waals surface area contributed by atoms with Gasteiger partial charge in [-0.05, 0) is 75.3 Å². The van der Waals surface area contributed by atoms with Crippen molar-refractivity contribution < 1.29 is 0 Å². The molecule has 1 nitrogen and oxygen atoms in total. The first-order valence-corrected chi connectivity index (χ1v) is 17.2. The maximum Gasteiger partial charge on any atom is 0.0541 e. The average molecular weight is 618 g/mol. The van der Waals surface area contributed by atoms with E-state index >= 15 is 0 Å². The van der Waals surface area contributed by atoms with E-state index in [1.165, 1.54) is 92.2 Å². The number of rotatable bonds is 3. The summed E-state index contributed by atoms with van der Waals surface area (Å²) in [5.74, 6) is 0. The first kappa shape index (κ1) is 26.7. The highest BCUT2D eigenvalue weighted by Crippen LogP contribution is 2.54. The first-order chi connectivity index (χ1) is 23.1. The molecular formula is C45H31NS. The molecule has 0 N–H and O–H groups in total. The van der Waals surface area contributed by atoms with Crippen molar-refractivity contribution >= 4 is 53.3 Å². The Kier molecular flexibility index (Phi) is 5.57. The molecule has 0 saturated carbocycles. The zero-order valence-corrected chi connectivity index (χ0v) is 27.1. The molecule has 2 heteroatoms. The Morgan fingerprint density at radius 2 is 1.13 bits per heavy atom. The largest absolute Gasteiger partial charge is 0.309 e. The third-order valence-corrected chi connectivity index (χ3v) is 11.6. The molecule has 0 spiro atoms. The Bertz CT molecular complexity index is 2690. The van der Waals surface area contributed by atoms with Crippen molar-refractivity contribution in [2.45, 2.75) is 19.3 Å². The van der Waals surface area contributed by atoms with E-state index in [-0.39, 0.29) is 5.41 Å². The number of para-hydroxylation sites is 1. The molecule has 0 unspecified atom stereocenters. The van der Waals surface area contributed by atoms with Gasteiger partial charge in [-0.3, -0.25) is 0 Å². The molecule has 7 aromatic carbocycles. The number of benzene rings is 7. The minimum absolute atomic E-state index is 0.0944. The van der Waals surface area contributed by atoms with Crippen molar-refractivity contribution in [2.24, 2.45) is 0 Å². The molecule has 2 heterocycles. The van der Waals surface area contributed by atoms with E-state index < -0.39 is 0 Å². The summed E-state index contributed by atoms with van der Waals surface area (Å²) in [4.78, 5) is 0. The summed E-state index contributed by atoms with van der Waals surface area (Å²) >= 11 is 1.93. The van der Waals surface area contributed by atoms with Gasteiger partial charge in [0.05, 0.1) is 11.0 Å². The van der Waals surface area contributed by atoms with Gasteiger partial charge in [0.25, 0.3) is 0 Å². The lowest BCUT2D eigenvalue weighted by atomic mass is 9.82. The first-order valence-electron chi connectivity index (χ1n) is 16.4. The van der Waals surface area contributed by atoms with Crippen LogP contribution in [0.1, 0.15) is 25.0 Å². The fourth-order valence-electron chi connectivity index (χ4n) is 8.04. The van der Waals surface area contributed by atoms with E-state index in [9.17, 15) is 0 Å². The van der Waals surface area contributed by atoms with E-state index in [0.717, 1.165) is 0 Å². The van der Waals surface area contributed by atoms with E-state index in [4.69, 9.17) is 0 Å². The zero-order chi connectivity index (χ0) is 31.3. The lowest BCUT2D eigenvalue weighted by molar-refractivity contribution is 0.660. The van der Waals surface area contributed by atoms with Gasteiger partial charge in [-0.25, -0.2) is 0 Å². The number of hydrogen-bond donors (Lipinski definition) is 0. The van der Waals surface area contributed by atoms with Crippen molar-refractivity contribution in [3.05, 3.63) is 163 Å². The Morgan fingerprint density at radius 3 is 1.96 bits per heavy atom. The van der Waals surface area contributed by atoms with Crippen molar-refractivity contribution in [3.63, 3.8) is 0 Å². The molecule has 1 aliphatic carbocycles. The van der Waals surface area contributed by atoms with Crippen molar-refractivity contribution in [1.82, 2.24) is 4.57 Å². The second-order valence-corrected chi connectivity index (χ2v) is 14.4. The molecule has 0 amide bonds. The van der Waals surface area contributed by atoms with Crippen LogP contribution < -0.4 is 0 Å². The van der Waals surface area contributed by atoms with Crippen LogP contribution in [-0.2, 0) is 5.41 Å². The Hall–Kier alpha value is -5.44. The Morgan fingerprint density at radius 1 is 0.468 bits per heavy atom. The predicted molar refractivity (Wildman–Crippen MR) is 202 cm³/mol. The summed E-state index contributed by atoms with van der Waals surface area (Å²) in [7, 11) is 0. The lowest BCUT2D eigenvalue weighted by Gasteiger charge is -2.22. The highest BCUT2D eigenvalue weighted by molar-refractivity contribution is 7.26. The monoisotopic (exact) mass is 617 g/mol. The van der Waals surface area contributed by atoms with Crippen LogP contribution in [0, 0.1) is 0 Å². The van der Waals surface area contributed by atoms with Crippen LogP contribution in [0.4, 0.5) is 0 Å². The van der Waals surface area contributed by atoms with Gasteiger partial charge in [0.2, 0.25) is 0 Å². The summed E-state index contributed by atoms with van der Waals surface area (Å²) in [6.45, 7) is 4.78. The van der Waals surface area contributed by atoms with Crippen LogP contribution in [0.25, 0.3) is 81.0 Å². The molecule has 0 bridgehead atoms. The van der Waals surface area contributed by atoms with Gasteiger partial charge >= 0.3 is 0 Å². The van der Waals surface area contributed by atoms with Crippen LogP contribution in [0.2, 0.25) is 0 Å². The smallest absolute Gasteiger partial charge is 0.0541 e. The van der Waals surface area contributed by atoms with Gasteiger partial charge < -0.3 is 4.57 Å². The minimum atomic E-state index is -0.0944. The third kappa shape index (κ3) is 3.83. The van der Waals surface area contributed by atoms with Crippen LogP contribution in [0.5, 0.6) is 0 Å². The molecule has 10 rings (SSSR count). The summed E-state index contributed by atoms with van der Waals surface area (Å²) in [6, 6.07) is 56.1. The van der Waals surface area contributed by atoms with Crippen molar-refractivity contribution in [3.8, 4) is 39.1 Å². The molecule has 1 aliphatic rings. The normalized spacial score (nSPS) is 13.5. The highest BCUT2D eigenvalue weighted by Gasteiger charge is 2.37. The van der Waals surface area contributed by atoms with E-state index in [0.29, 0.717) is 0 Å². The second-order valence-electron chi connectivity index (χ2n) is 13.3. The molecule has 0 fully saturated rings. The number of hydrogen-bond acceptors (Lipinski definition) is 1. The van der Waals surface area contributed by atoms with Crippen LogP contribution >= 0.6 is 11.3 Å². The SMILES string of the molecule is CC1(C)c2cc(-n3c4ccccc4c4cc(-c5ccc(-c6ccccc6)cc5)ccc43)ccc2-c2c1ccc1c2sc2ccccc21. The average Bonchev–Trinajstić information content (AvgIpc) is 3.74. The molecule has 0 aliphatic heterocycles. The quantitative estimate of drug-likeness (QED) is 0.186. The predicted octanol–water partition coefficient (Wildman–Crippen LogP) is 12.8. The number of fused-ring (bicyclic) bond motifs is 10. The zero-order valence-electron chi connectivity index (χ0n) is 26.3. The number of nitrogens with zero attached hydrogens (tertiary/aromatic N) is 1. The third-order valence-electron chi connectivity index (χ3n) is 10.4. The summed E-state index contributed by atoms with van der Waals surface area (Å²) in [5, 5.41) is 5.28. The topological polar surface area (TPSA) is 4.93 Å². The fraction of sp³-hybridized carbons (Fsp3) is 0.0667. The maximum absolute atomic E-state index is 2.46. The van der Waals surface area contributed by atoms with Gasteiger partial charge in [0.1, 0.15) is 0 Å². The van der Waals surface area contributed by atoms with E-state index in [1.807, 2.05) is 11.3 Å². The van der Waals surface area contributed by atoms with E-state index in [2.05, 4.69) is 170 Å². The van der Waals surface area contributed by atoms with Gasteiger partial charge in [0, 0.05) is 47.6 Å². The second kappa shape index (κ2) is 9.78. The number of thiophene rings is 1. The molecule has 2 aromatic heterocycles. The molecular weight excluding hydrogens is 587 g/mol. The minimum Gasteiger partial charge on any atom is -0.309 e. The molecule has 47 heavy (non-hydrogen) atoms. The Balaban J connectivity index is 1.13. The van der Waals surface area contributed by atoms with Crippen LogP contribution in [0.15, 0.2) is 152 Å². The van der Waals surface area contributed by atoms with Gasteiger partial charge in [-0.15, -0.1) is 11.3 Å². The summed E-state index contributed by atoms with van der Waals surface area (Å²) in [6.07, 6.45) is 0. The molecule has 0 radical (unpaired) electrons. The van der Waals surface area contributed by atoms with Crippen LogP contribution in [-0.4, -0.2) is 4.57 Å². The van der Waals surface area contributed by atoms with Gasteiger partial charge in [-0.2, -0.15) is 0 Å². The van der Waals surface area contributed by atoms with Gasteiger partial charge in [0.15, 0.2) is 0 Å². The highest BCUT2D eigenvalue weighted by atomic mass is 32.1. The summed E-state index contributed by atoms with van der Waals surface area (Å²) < 4.78 is 5.22. The van der Waals surface area contributed by atoms with E-state index in [1.54, 1.807) is 0 Å². The standard InChI is InChI=1S/C45H31NS/c1-45(2)38-24-23-35-34-13-7-9-15-42(34)47-44(35)43(38)36-22-21-32(27-39(36)45)46-40-14-8-6-12-33(40)37-26-31(20-25-41(37)46)30-18-16-29(17-19-30)28-10-4-3-5-11-28/h3-27H,1-2H3. The van der Waals surface area contributed by atoms with Crippen molar-refractivity contribution in [1.29, 1.82) is 0 Å². The molecule has 0 saturated heterocycles. The Labute approximate surface area is 278 Å². The van der Waals surface area contributed by atoms with Gasteiger partial charge in [-0.1, -0.05) is 129 Å². The van der Waals surface area contributed by atoms with Crippen molar-refractivity contribution in [2.75, 3.05) is 0 Å². The van der Waals surface area contributed by atoms with Crippen LogP contribution in [0.3, 0.4) is 0 Å². The maximum atomic E-state index is 2.46. The fourth-order valence-corrected chi connectivity index (χ4v) is 9.31. The lowest BCUT2D eigenvalue weighted by Crippen LogP contribution is -2.15. The summed E-state index contributed by atoms with van der Waals surface area (Å²) in [5.41, 5.74) is 14.1. The molecule has 222 valence electrons. The molecule has 0 atom stereocenters. The molecule has 9 aromatic rings.